The molecule has 1 aromatic heterocycles. The Bertz CT molecular complexity index is 792. The van der Waals surface area contributed by atoms with Crippen molar-refractivity contribution < 1.29 is 14.0 Å². The molecule has 0 saturated carbocycles. The highest BCUT2D eigenvalue weighted by molar-refractivity contribution is 5.98. The van der Waals surface area contributed by atoms with Crippen LogP contribution in [0.1, 0.15) is 28.5 Å². The first kappa shape index (κ1) is 16.9. The lowest BCUT2D eigenvalue weighted by Gasteiger charge is -2.14. The number of fused-ring (bicyclic) bond motifs is 1. The molecule has 130 valence electrons. The third-order valence-electron chi connectivity index (χ3n) is 3.97. The molecule has 1 aliphatic rings. The number of halogens is 1. The Kier molecular flexibility index (Phi) is 4.92. The average molecular weight is 342 g/mol. The van der Waals surface area contributed by atoms with Gasteiger partial charge in [-0.2, -0.15) is 0 Å². The predicted octanol–water partition coefficient (Wildman–Crippen LogP) is 1.92. The average Bonchev–Trinajstić information content (AvgIpc) is 2.90. The molecular formula is C18H19FN4O2. The van der Waals surface area contributed by atoms with Crippen molar-refractivity contribution in [1.29, 1.82) is 0 Å². The van der Waals surface area contributed by atoms with Crippen molar-refractivity contribution in [2.24, 2.45) is 0 Å². The Balaban J connectivity index is 1.61. The van der Waals surface area contributed by atoms with Gasteiger partial charge in [0.25, 0.3) is 5.91 Å². The van der Waals surface area contributed by atoms with Gasteiger partial charge in [-0.1, -0.05) is 12.1 Å². The predicted molar refractivity (Wildman–Crippen MR) is 91.4 cm³/mol. The molecule has 3 rings (SSSR count). The van der Waals surface area contributed by atoms with Gasteiger partial charge in [-0.3, -0.25) is 9.59 Å². The minimum Gasteiger partial charge on any atom is -0.366 e. The first-order valence-corrected chi connectivity index (χ1v) is 8.05. The van der Waals surface area contributed by atoms with E-state index in [4.69, 9.17) is 0 Å². The number of aromatic nitrogens is 1. The number of carbonyl (C=O) groups excluding carboxylic acids is 2. The third-order valence-corrected chi connectivity index (χ3v) is 3.97. The summed E-state index contributed by atoms with van der Waals surface area (Å²) in [7, 11) is 0. The molecule has 0 radical (unpaired) electrons. The zero-order valence-corrected chi connectivity index (χ0v) is 13.9. The van der Waals surface area contributed by atoms with Crippen LogP contribution in [0.15, 0.2) is 36.4 Å². The highest BCUT2D eigenvalue weighted by Crippen LogP contribution is 2.22. The summed E-state index contributed by atoms with van der Waals surface area (Å²) < 4.78 is 12.9. The Morgan fingerprint density at radius 2 is 2.00 bits per heavy atom. The van der Waals surface area contributed by atoms with E-state index in [-0.39, 0.29) is 17.6 Å². The van der Waals surface area contributed by atoms with E-state index >= 15 is 0 Å². The molecule has 1 aromatic carbocycles. The number of hydrogen-bond acceptors (Lipinski definition) is 4. The van der Waals surface area contributed by atoms with Crippen LogP contribution in [0.5, 0.6) is 0 Å². The van der Waals surface area contributed by atoms with Crippen LogP contribution in [0.3, 0.4) is 0 Å². The topological polar surface area (TPSA) is 74.3 Å². The zero-order valence-electron chi connectivity index (χ0n) is 13.9. The third kappa shape index (κ3) is 4.12. The van der Waals surface area contributed by atoms with Crippen LogP contribution in [0.25, 0.3) is 0 Å². The summed E-state index contributed by atoms with van der Waals surface area (Å²) in [4.78, 5) is 29.4. The van der Waals surface area contributed by atoms with Crippen molar-refractivity contribution in [3.63, 3.8) is 0 Å². The van der Waals surface area contributed by atoms with Crippen molar-refractivity contribution in [3.05, 3.63) is 59.0 Å². The Morgan fingerprint density at radius 1 is 1.24 bits per heavy atom. The van der Waals surface area contributed by atoms with E-state index in [1.807, 2.05) is 0 Å². The van der Waals surface area contributed by atoms with Gasteiger partial charge in [-0.25, -0.2) is 9.37 Å². The second kappa shape index (κ2) is 7.29. The molecule has 2 aromatic rings. The van der Waals surface area contributed by atoms with Crippen LogP contribution in [0, 0.1) is 5.82 Å². The molecule has 6 nitrogen and oxygen atoms in total. The summed E-state index contributed by atoms with van der Waals surface area (Å²) in [5.74, 6) is 0.212. The lowest BCUT2D eigenvalue weighted by Crippen LogP contribution is -2.34. The first-order valence-electron chi connectivity index (χ1n) is 8.05. The SMILES string of the molecule is CC(=O)NCCN1Cc2nc(NCc3ccc(F)cc3)ccc2C1=O. The Morgan fingerprint density at radius 3 is 2.72 bits per heavy atom. The number of nitrogens with zero attached hydrogens (tertiary/aromatic N) is 2. The number of amides is 2. The molecule has 2 N–H and O–H groups in total. The monoisotopic (exact) mass is 342 g/mol. The summed E-state index contributed by atoms with van der Waals surface area (Å²) in [5.41, 5.74) is 2.25. The zero-order chi connectivity index (χ0) is 17.8. The Hall–Kier alpha value is -2.96. The largest absolute Gasteiger partial charge is 0.366 e. The fraction of sp³-hybridized carbons (Fsp3) is 0.278. The molecule has 0 unspecified atom stereocenters. The van der Waals surface area contributed by atoms with E-state index < -0.39 is 0 Å². The maximum absolute atomic E-state index is 12.9. The molecule has 7 heteroatoms. The van der Waals surface area contributed by atoms with E-state index in [2.05, 4.69) is 15.6 Å². The molecule has 0 bridgehead atoms. The first-order chi connectivity index (χ1) is 12.0. The number of carbonyl (C=O) groups is 2. The molecule has 0 fully saturated rings. The molecule has 2 amide bonds. The van der Waals surface area contributed by atoms with Crippen LogP contribution in [-0.4, -0.2) is 34.8 Å². The van der Waals surface area contributed by atoms with Gasteiger partial charge >= 0.3 is 0 Å². The van der Waals surface area contributed by atoms with Crippen molar-refractivity contribution >= 4 is 17.6 Å². The maximum Gasteiger partial charge on any atom is 0.256 e. The molecule has 2 heterocycles. The van der Waals surface area contributed by atoms with Gasteiger partial charge < -0.3 is 15.5 Å². The number of hydrogen-bond donors (Lipinski definition) is 2. The molecule has 1 aliphatic heterocycles. The number of pyridine rings is 1. The van der Waals surface area contributed by atoms with Crippen LogP contribution in [0.4, 0.5) is 10.2 Å². The second-order valence-electron chi connectivity index (χ2n) is 5.88. The minimum absolute atomic E-state index is 0.0714. The van der Waals surface area contributed by atoms with Crippen LogP contribution < -0.4 is 10.6 Å². The van der Waals surface area contributed by atoms with Gasteiger partial charge in [0, 0.05) is 26.6 Å². The Labute approximate surface area is 145 Å². The van der Waals surface area contributed by atoms with Crippen LogP contribution in [-0.2, 0) is 17.9 Å². The van der Waals surface area contributed by atoms with Gasteiger partial charge in [0.15, 0.2) is 0 Å². The number of nitrogens with one attached hydrogen (secondary N) is 2. The van der Waals surface area contributed by atoms with Gasteiger partial charge in [0.1, 0.15) is 11.6 Å². The van der Waals surface area contributed by atoms with E-state index in [0.29, 0.717) is 37.6 Å². The summed E-state index contributed by atoms with van der Waals surface area (Å²) in [5, 5.41) is 5.86. The molecule has 0 atom stereocenters. The molecule has 25 heavy (non-hydrogen) atoms. The minimum atomic E-state index is -0.266. The van der Waals surface area contributed by atoms with Crippen LogP contribution in [0.2, 0.25) is 0 Å². The normalized spacial score (nSPS) is 12.9. The van der Waals surface area contributed by atoms with Gasteiger partial charge in [0.05, 0.1) is 17.8 Å². The quantitative estimate of drug-likeness (QED) is 0.841. The number of rotatable bonds is 6. The summed E-state index contributed by atoms with van der Waals surface area (Å²) in [6.07, 6.45) is 0. The molecular weight excluding hydrogens is 323 g/mol. The summed E-state index contributed by atoms with van der Waals surface area (Å²) in [6, 6.07) is 9.77. The fourth-order valence-corrected chi connectivity index (χ4v) is 2.68. The van der Waals surface area contributed by atoms with E-state index in [9.17, 15) is 14.0 Å². The number of benzene rings is 1. The van der Waals surface area contributed by atoms with Crippen molar-refractivity contribution in [2.75, 3.05) is 18.4 Å². The summed E-state index contributed by atoms with van der Waals surface area (Å²) in [6.45, 7) is 3.27. The van der Waals surface area contributed by atoms with Crippen LogP contribution >= 0.6 is 0 Å². The van der Waals surface area contributed by atoms with E-state index in [0.717, 1.165) is 11.3 Å². The van der Waals surface area contributed by atoms with Crippen molar-refractivity contribution in [3.8, 4) is 0 Å². The van der Waals surface area contributed by atoms with Gasteiger partial charge in [-0.05, 0) is 29.8 Å². The smallest absolute Gasteiger partial charge is 0.256 e. The highest BCUT2D eigenvalue weighted by atomic mass is 19.1. The molecule has 0 saturated heterocycles. The summed E-state index contributed by atoms with van der Waals surface area (Å²) >= 11 is 0. The van der Waals surface area contributed by atoms with Crippen molar-refractivity contribution in [1.82, 2.24) is 15.2 Å². The second-order valence-corrected chi connectivity index (χ2v) is 5.88. The fourth-order valence-electron chi connectivity index (χ4n) is 2.68. The number of anilines is 1. The van der Waals surface area contributed by atoms with Gasteiger partial charge in [-0.15, -0.1) is 0 Å². The van der Waals surface area contributed by atoms with E-state index in [1.54, 1.807) is 29.2 Å². The molecule has 0 aliphatic carbocycles. The lowest BCUT2D eigenvalue weighted by molar-refractivity contribution is -0.119. The van der Waals surface area contributed by atoms with Crippen molar-refractivity contribution in [2.45, 2.75) is 20.0 Å². The maximum atomic E-state index is 12.9. The molecule has 0 spiro atoms. The highest BCUT2D eigenvalue weighted by Gasteiger charge is 2.28. The van der Waals surface area contributed by atoms with E-state index in [1.165, 1.54) is 19.1 Å². The lowest BCUT2D eigenvalue weighted by atomic mass is 10.2. The standard InChI is InChI=1S/C18H19FN4O2/c1-12(24)20-8-9-23-11-16-15(18(23)25)6-7-17(22-16)21-10-13-2-4-14(19)5-3-13/h2-7H,8-11H2,1H3,(H,20,24)(H,21,22). The van der Waals surface area contributed by atoms with Gasteiger partial charge in [0.2, 0.25) is 5.91 Å².